The smallest absolute Gasteiger partial charge is 0.342 e. The quantitative estimate of drug-likeness (QED) is 0.628. The summed E-state index contributed by atoms with van der Waals surface area (Å²) in [6.07, 6.45) is 0. The molecule has 0 fully saturated rings. The maximum Gasteiger partial charge on any atom is 0.342 e. The molecule has 0 heterocycles. The van der Waals surface area contributed by atoms with Crippen molar-refractivity contribution in [3.63, 3.8) is 0 Å². The van der Waals surface area contributed by atoms with Crippen LogP contribution in [0.25, 0.3) is 10.8 Å². The second kappa shape index (κ2) is 5.88. The van der Waals surface area contributed by atoms with Crippen molar-refractivity contribution in [3.05, 3.63) is 42.0 Å². The van der Waals surface area contributed by atoms with E-state index < -0.39 is 5.97 Å². The first-order valence-corrected chi connectivity index (χ1v) is 6.44. The van der Waals surface area contributed by atoms with Gasteiger partial charge in [0.2, 0.25) is 0 Å². The third-order valence-electron chi connectivity index (χ3n) is 2.84. The molecule has 2 rings (SSSR count). The van der Waals surface area contributed by atoms with E-state index in [1.54, 1.807) is 25.1 Å². The van der Waals surface area contributed by atoms with Gasteiger partial charge in [-0.15, -0.1) is 0 Å². The van der Waals surface area contributed by atoms with Crippen LogP contribution in [0, 0.1) is 0 Å². The molecule has 0 spiro atoms. The molecule has 0 radical (unpaired) electrons. The van der Waals surface area contributed by atoms with Gasteiger partial charge in [-0.05, 0) is 29.1 Å². The van der Waals surface area contributed by atoms with E-state index in [1.165, 1.54) is 7.11 Å². The van der Waals surface area contributed by atoms with Crippen molar-refractivity contribution in [3.8, 4) is 5.75 Å². The van der Waals surface area contributed by atoms with Gasteiger partial charge >= 0.3 is 5.97 Å². The highest BCUT2D eigenvalue weighted by atomic mass is 32.1. The van der Waals surface area contributed by atoms with Gasteiger partial charge in [0, 0.05) is 14.1 Å². The molecule has 0 bridgehead atoms. The Kier molecular flexibility index (Phi) is 4.20. The van der Waals surface area contributed by atoms with Crippen molar-refractivity contribution < 1.29 is 14.3 Å². The summed E-state index contributed by atoms with van der Waals surface area (Å²) in [5.74, 6) is -0.0485. The van der Waals surface area contributed by atoms with Crippen LogP contribution in [0.1, 0.15) is 10.4 Å². The van der Waals surface area contributed by atoms with Crippen molar-refractivity contribution in [2.45, 2.75) is 0 Å². The predicted molar refractivity (Wildman–Crippen MR) is 82.2 cm³/mol. The summed E-state index contributed by atoms with van der Waals surface area (Å²) in [6, 6.07) is 11.2. The molecule has 0 aliphatic heterocycles. The Bertz CT molecular complexity index is 667. The average molecular weight is 289 g/mol. The Hall–Kier alpha value is -2.14. The van der Waals surface area contributed by atoms with Crippen LogP contribution in [-0.4, -0.2) is 37.2 Å². The van der Waals surface area contributed by atoms with Crippen molar-refractivity contribution in [1.29, 1.82) is 0 Å². The number of carbonyl (C=O) groups is 1. The summed E-state index contributed by atoms with van der Waals surface area (Å²) >= 11 is 5.12. The third kappa shape index (κ3) is 2.72. The van der Waals surface area contributed by atoms with Gasteiger partial charge in [-0.25, -0.2) is 4.79 Å². The number of thiocarbonyl (C=S) groups is 1. The molecule has 0 saturated heterocycles. The molecule has 4 nitrogen and oxygen atoms in total. The van der Waals surface area contributed by atoms with Crippen LogP contribution in [0.4, 0.5) is 0 Å². The molecule has 0 atom stereocenters. The van der Waals surface area contributed by atoms with Crippen molar-refractivity contribution in [2.75, 3.05) is 21.2 Å². The largest absolute Gasteiger partial charge is 0.465 e. The van der Waals surface area contributed by atoms with Gasteiger partial charge < -0.3 is 14.4 Å². The third-order valence-corrected chi connectivity index (χ3v) is 3.29. The van der Waals surface area contributed by atoms with Crippen molar-refractivity contribution in [1.82, 2.24) is 4.90 Å². The topological polar surface area (TPSA) is 38.8 Å². The van der Waals surface area contributed by atoms with Crippen LogP contribution in [0.15, 0.2) is 36.4 Å². The van der Waals surface area contributed by atoms with Crippen LogP contribution < -0.4 is 4.74 Å². The molecule has 2 aromatic carbocycles. The van der Waals surface area contributed by atoms with Crippen LogP contribution in [0.5, 0.6) is 5.75 Å². The minimum atomic E-state index is -0.446. The van der Waals surface area contributed by atoms with Gasteiger partial charge in [0.25, 0.3) is 5.17 Å². The lowest BCUT2D eigenvalue weighted by Crippen LogP contribution is -2.25. The van der Waals surface area contributed by atoms with Crippen LogP contribution in [-0.2, 0) is 4.74 Å². The lowest BCUT2D eigenvalue weighted by molar-refractivity contribution is 0.0600. The van der Waals surface area contributed by atoms with E-state index in [0.29, 0.717) is 11.3 Å². The first-order valence-electron chi connectivity index (χ1n) is 6.03. The molecule has 0 aromatic heterocycles. The Morgan fingerprint density at radius 3 is 2.50 bits per heavy atom. The monoisotopic (exact) mass is 289 g/mol. The lowest BCUT2D eigenvalue weighted by atomic mass is 10.0. The molecule has 104 valence electrons. The van der Waals surface area contributed by atoms with E-state index in [1.807, 2.05) is 30.3 Å². The molecule has 0 aliphatic carbocycles. The number of fused-ring (bicyclic) bond motifs is 1. The minimum absolute atomic E-state index is 0.283. The number of benzene rings is 2. The first kappa shape index (κ1) is 14.3. The molecule has 0 aliphatic rings. The molecule has 0 N–H and O–H groups in total. The second-order valence-corrected chi connectivity index (χ2v) is 4.76. The summed E-state index contributed by atoms with van der Waals surface area (Å²) in [5, 5.41) is 2.00. The number of nitrogens with zero attached hydrogens (tertiary/aromatic N) is 1. The summed E-state index contributed by atoms with van der Waals surface area (Å²) in [7, 11) is 4.90. The summed E-state index contributed by atoms with van der Waals surface area (Å²) < 4.78 is 10.4. The number of esters is 1. The van der Waals surface area contributed by atoms with E-state index in [2.05, 4.69) is 0 Å². The van der Waals surface area contributed by atoms with Crippen molar-refractivity contribution in [2.24, 2.45) is 0 Å². The zero-order valence-electron chi connectivity index (χ0n) is 11.5. The number of methoxy groups -OCH3 is 1. The SMILES string of the molecule is COC(=O)c1c(OC(=S)N(C)C)ccc2ccccc12. The molecule has 2 aromatic rings. The van der Waals surface area contributed by atoms with E-state index in [-0.39, 0.29) is 5.17 Å². The summed E-state index contributed by atoms with van der Waals surface area (Å²) in [4.78, 5) is 13.7. The molecule has 20 heavy (non-hydrogen) atoms. The zero-order chi connectivity index (χ0) is 14.7. The molecular weight excluding hydrogens is 274 g/mol. The molecule has 0 saturated carbocycles. The second-order valence-electron chi connectivity index (χ2n) is 4.41. The molecule has 0 amide bonds. The normalized spacial score (nSPS) is 10.2. The van der Waals surface area contributed by atoms with Crippen LogP contribution in [0.3, 0.4) is 0 Å². The summed E-state index contributed by atoms with van der Waals surface area (Å²) in [6.45, 7) is 0. The number of ether oxygens (including phenoxy) is 2. The number of hydrogen-bond acceptors (Lipinski definition) is 4. The Balaban J connectivity index is 2.59. The minimum Gasteiger partial charge on any atom is -0.465 e. The highest BCUT2D eigenvalue weighted by molar-refractivity contribution is 7.80. The fraction of sp³-hybridized carbons (Fsp3) is 0.200. The van der Waals surface area contributed by atoms with Crippen LogP contribution >= 0.6 is 12.2 Å². The maximum absolute atomic E-state index is 12.0. The highest BCUT2D eigenvalue weighted by Gasteiger charge is 2.18. The van der Waals surface area contributed by atoms with Gasteiger partial charge in [-0.1, -0.05) is 30.3 Å². The zero-order valence-corrected chi connectivity index (χ0v) is 12.4. The Labute approximate surface area is 122 Å². The van der Waals surface area contributed by atoms with Crippen molar-refractivity contribution >= 4 is 34.1 Å². The first-order chi connectivity index (χ1) is 9.54. The molecular formula is C15H15NO3S. The van der Waals surface area contributed by atoms with E-state index >= 15 is 0 Å². The lowest BCUT2D eigenvalue weighted by Gasteiger charge is -2.17. The predicted octanol–water partition coefficient (Wildman–Crippen LogP) is 2.85. The standard InChI is InChI=1S/C15H15NO3S/c1-16(2)15(20)19-12-9-8-10-6-4-5-7-11(10)13(12)14(17)18-3/h4-9H,1-3H3. The van der Waals surface area contributed by atoms with E-state index in [4.69, 9.17) is 21.7 Å². The number of carbonyl (C=O) groups excluding carboxylic acids is 1. The van der Waals surface area contributed by atoms with Gasteiger partial charge in [-0.2, -0.15) is 0 Å². The van der Waals surface area contributed by atoms with Gasteiger partial charge in [0.15, 0.2) is 0 Å². The fourth-order valence-electron chi connectivity index (χ4n) is 1.83. The van der Waals surface area contributed by atoms with Crippen LogP contribution in [0.2, 0.25) is 0 Å². The maximum atomic E-state index is 12.0. The highest BCUT2D eigenvalue weighted by Crippen LogP contribution is 2.29. The van der Waals surface area contributed by atoms with E-state index in [0.717, 1.165) is 10.8 Å². The molecule has 0 unspecified atom stereocenters. The average Bonchev–Trinajstić information content (AvgIpc) is 2.46. The Morgan fingerprint density at radius 1 is 1.15 bits per heavy atom. The van der Waals surface area contributed by atoms with Gasteiger partial charge in [0.1, 0.15) is 11.3 Å². The fourth-order valence-corrected chi connectivity index (χ4v) is 1.92. The van der Waals surface area contributed by atoms with Gasteiger partial charge in [-0.3, -0.25) is 0 Å². The van der Waals surface area contributed by atoms with E-state index in [9.17, 15) is 4.79 Å². The summed E-state index contributed by atoms with van der Waals surface area (Å²) in [5.41, 5.74) is 0.384. The van der Waals surface area contributed by atoms with Gasteiger partial charge in [0.05, 0.1) is 7.11 Å². The molecule has 5 heteroatoms. The number of hydrogen-bond donors (Lipinski definition) is 0. The number of rotatable bonds is 2. The Morgan fingerprint density at radius 2 is 1.85 bits per heavy atom.